The predicted molar refractivity (Wildman–Crippen MR) is 82.5 cm³/mol. The summed E-state index contributed by atoms with van der Waals surface area (Å²) in [5.41, 5.74) is 3.87. The summed E-state index contributed by atoms with van der Waals surface area (Å²) >= 11 is 3.61. The third kappa shape index (κ3) is 2.00. The Hall–Kier alpha value is -1.87. The molecule has 3 heteroatoms. The fourth-order valence-corrected chi connectivity index (χ4v) is 2.95. The Morgan fingerprint density at radius 2 is 1.63 bits per heavy atom. The van der Waals surface area contributed by atoms with Crippen LogP contribution < -0.4 is 4.90 Å². The molecule has 0 saturated heterocycles. The number of anilines is 2. The number of nitrogens with zero attached hydrogens (tertiary/aromatic N) is 1. The fourth-order valence-electron chi connectivity index (χ4n) is 2.37. The van der Waals surface area contributed by atoms with Gasteiger partial charge in [-0.15, -0.1) is 0 Å². The Bertz CT molecular complexity index is 691. The maximum Gasteiger partial charge on any atom is 0.228 e. The molecule has 0 spiro atoms. The topological polar surface area (TPSA) is 20.3 Å². The number of para-hydroxylation sites is 2. The molecule has 3 rings (SSSR count). The van der Waals surface area contributed by atoms with E-state index in [-0.39, 0.29) is 5.91 Å². The molecule has 2 aromatic carbocycles. The predicted octanol–water partition coefficient (Wildman–Crippen LogP) is 4.58. The van der Waals surface area contributed by atoms with Gasteiger partial charge in [0.1, 0.15) is 0 Å². The van der Waals surface area contributed by atoms with Gasteiger partial charge in [-0.1, -0.05) is 52.3 Å². The third-order valence-corrected chi connectivity index (χ3v) is 3.83. The first-order valence-corrected chi connectivity index (χ1v) is 6.84. The zero-order valence-electron chi connectivity index (χ0n) is 10.4. The second kappa shape index (κ2) is 4.67. The van der Waals surface area contributed by atoms with Crippen LogP contribution in [0.5, 0.6) is 0 Å². The molecule has 0 atom stereocenters. The summed E-state index contributed by atoms with van der Waals surface area (Å²) in [4.78, 5) is 13.8. The van der Waals surface area contributed by atoms with Crippen molar-refractivity contribution in [2.75, 3.05) is 4.90 Å². The molecule has 0 unspecified atom stereocenters. The van der Waals surface area contributed by atoms with Crippen molar-refractivity contribution < 1.29 is 4.79 Å². The van der Waals surface area contributed by atoms with Crippen molar-refractivity contribution in [3.05, 3.63) is 59.7 Å². The summed E-state index contributed by atoms with van der Waals surface area (Å²) in [6.07, 6.45) is 2.05. The van der Waals surface area contributed by atoms with Crippen LogP contribution in [0.3, 0.4) is 0 Å². The van der Waals surface area contributed by atoms with Gasteiger partial charge < -0.3 is 0 Å². The largest absolute Gasteiger partial charge is 0.280 e. The van der Waals surface area contributed by atoms with Gasteiger partial charge in [0.05, 0.1) is 11.4 Å². The summed E-state index contributed by atoms with van der Waals surface area (Å²) in [5.74, 6) is 0.00972. The molecule has 1 heterocycles. The summed E-state index contributed by atoms with van der Waals surface area (Å²) in [7, 11) is 0. The Balaban J connectivity index is 2.36. The van der Waals surface area contributed by atoms with Gasteiger partial charge in [0.2, 0.25) is 5.91 Å². The van der Waals surface area contributed by atoms with Crippen LogP contribution in [0.25, 0.3) is 10.6 Å². The van der Waals surface area contributed by atoms with Crippen molar-refractivity contribution in [2.45, 2.75) is 6.92 Å². The van der Waals surface area contributed by atoms with Crippen molar-refractivity contribution in [3.8, 4) is 0 Å². The molecule has 0 fully saturated rings. The number of hydrogen-bond acceptors (Lipinski definition) is 1. The molecule has 2 nitrogen and oxygen atoms in total. The molecule has 1 aliphatic heterocycles. The lowest BCUT2D eigenvalue weighted by Gasteiger charge is -2.23. The molecule has 0 saturated carbocycles. The molecule has 0 N–H and O–H groups in total. The lowest BCUT2D eigenvalue weighted by molar-refractivity contribution is -0.115. The first kappa shape index (κ1) is 12.2. The lowest BCUT2D eigenvalue weighted by atomic mass is 10.1. The second-order valence-electron chi connectivity index (χ2n) is 4.42. The monoisotopic (exact) mass is 313 g/mol. The van der Waals surface area contributed by atoms with E-state index in [0.717, 1.165) is 27.0 Å². The number of fused-ring (bicyclic) bond motifs is 2. The van der Waals surface area contributed by atoms with Gasteiger partial charge in [0, 0.05) is 17.0 Å². The molecule has 0 aliphatic carbocycles. The van der Waals surface area contributed by atoms with E-state index in [4.69, 9.17) is 0 Å². The van der Waals surface area contributed by atoms with Crippen molar-refractivity contribution in [1.82, 2.24) is 0 Å². The van der Waals surface area contributed by atoms with Crippen LogP contribution in [0.15, 0.2) is 48.5 Å². The number of hydrogen-bond donors (Lipinski definition) is 0. The van der Waals surface area contributed by atoms with Crippen molar-refractivity contribution in [2.24, 2.45) is 0 Å². The molecule has 2 aromatic rings. The quantitative estimate of drug-likeness (QED) is 0.697. The Morgan fingerprint density at radius 3 is 2.37 bits per heavy atom. The SMILES string of the molecule is CC(=O)N1c2ccccc2C=C(Br)c2ccccc21. The van der Waals surface area contributed by atoms with Gasteiger partial charge in [-0.25, -0.2) is 0 Å². The molecule has 0 aromatic heterocycles. The second-order valence-corrected chi connectivity index (χ2v) is 5.28. The van der Waals surface area contributed by atoms with Crippen LogP contribution in [0, 0.1) is 0 Å². The average Bonchev–Trinajstić information content (AvgIpc) is 2.53. The van der Waals surface area contributed by atoms with Gasteiger partial charge in [-0.05, 0) is 23.8 Å². The van der Waals surface area contributed by atoms with E-state index in [1.54, 1.807) is 11.8 Å². The first-order chi connectivity index (χ1) is 9.18. The molecule has 1 amide bonds. The highest BCUT2D eigenvalue weighted by Gasteiger charge is 2.23. The zero-order valence-corrected chi connectivity index (χ0v) is 12.0. The molecule has 0 radical (unpaired) electrons. The highest BCUT2D eigenvalue weighted by atomic mass is 79.9. The van der Waals surface area contributed by atoms with Crippen molar-refractivity contribution in [1.29, 1.82) is 0 Å². The zero-order chi connectivity index (χ0) is 13.4. The minimum Gasteiger partial charge on any atom is -0.280 e. The van der Waals surface area contributed by atoms with E-state index in [0.29, 0.717) is 0 Å². The molecule has 1 aliphatic rings. The van der Waals surface area contributed by atoms with Crippen molar-refractivity contribution in [3.63, 3.8) is 0 Å². The number of halogens is 1. The van der Waals surface area contributed by atoms with Crippen LogP contribution in [0.2, 0.25) is 0 Å². The molecular formula is C16H12BrNO. The average molecular weight is 314 g/mol. The minimum absolute atomic E-state index is 0.00972. The van der Waals surface area contributed by atoms with E-state index in [2.05, 4.69) is 22.0 Å². The van der Waals surface area contributed by atoms with Gasteiger partial charge in [-0.2, -0.15) is 0 Å². The smallest absolute Gasteiger partial charge is 0.228 e. The molecule has 94 valence electrons. The highest BCUT2D eigenvalue weighted by molar-refractivity contribution is 9.15. The summed E-state index contributed by atoms with van der Waals surface area (Å²) in [6.45, 7) is 1.59. The molecular weight excluding hydrogens is 302 g/mol. The van der Waals surface area contributed by atoms with Crippen LogP contribution >= 0.6 is 15.9 Å². The Labute approximate surface area is 120 Å². The normalized spacial score (nSPS) is 13.2. The van der Waals surface area contributed by atoms with Crippen LogP contribution in [-0.4, -0.2) is 5.91 Å². The van der Waals surface area contributed by atoms with E-state index in [1.807, 2.05) is 48.5 Å². The van der Waals surface area contributed by atoms with Crippen LogP contribution in [-0.2, 0) is 4.79 Å². The Kier molecular flexibility index (Phi) is 2.99. The third-order valence-electron chi connectivity index (χ3n) is 3.18. The summed E-state index contributed by atoms with van der Waals surface area (Å²) in [5, 5.41) is 0. The lowest BCUT2D eigenvalue weighted by Crippen LogP contribution is -2.23. The van der Waals surface area contributed by atoms with E-state index < -0.39 is 0 Å². The Morgan fingerprint density at radius 1 is 1.00 bits per heavy atom. The van der Waals surface area contributed by atoms with Crippen LogP contribution in [0.4, 0.5) is 11.4 Å². The maximum absolute atomic E-state index is 12.1. The molecule has 0 bridgehead atoms. The number of rotatable bonds is 0. The molecule has 19 heavy (non-hydrogen) atoms. The first-order valence-electron chi connectivity index (χ1n) is 6.05. The maximum atomic E-state index is 12.1. The van der Waals surface area contributed by atoms with Gasteiger partial charge in [0.25, 0.3) is 0 Å². The number of carbonyl (C=O) groups excluding carboxylic acids is 1. The van der Waals surface area contributed by atoms with Gasteiger partial charge >= 0.3 is 0 Å². The van der Waals surface area contributed by atoms with E-state index in [1.165, 1.54) is 0 Å². The standard InChI is InChI=1S/C16H12BrNO/c1-11(19)18-15-8-4-2-6-12(15)10-14(17)13-7-3-5-9-16(13)18/h2-10H,1H3. The minimum atomic E-state index is 0.00972. The number of carbonyl (C=O) groups is 1. The number of benzene rings is 2. The fraction of sp³-hybridized carbons (Fsp3) is 0.0625. The van der Waals surface area contributed by atoms with Crippen molar-refractivity contribution >= 4 is 43.8 Å². The van der Waals surface area contributed by atoms with Gasteiger partial charge in [-0.3, -0.25) is 9.69 Å². The van der Waals surface area contributed by atoms with E-state index >= 15 is 0 Å². The van der Waals surface area contributed by atoms with E-state index in [9.17, 15) is 4.79 Å². The van der Waals surface area contributed by atoms with Gasteiger partial charge in [0.15, 0.2) is 0 Å². The number of amides is 1. The summed E-state index contributed by atoms with van der Waals surface area (Å²) in [6, 6.07) is 15.8. The highest BCUT2D eigenvalue weighted by Crippen LogP contribution is 2.41. The van der Waals surface area contributed by atoms with Crippen LogP contribution in [0.1, 0.15) is 18.1 Å². The summed E-state index contributed by atoms with van der Waals surface area (Å²) < 4.78 is 0.985.